The number of H-pyrrole nitrogens is 1. The lowest BCUT2D eigenvalue weighted by atomic mass is 10.1. The van der Waals surface area contributed by atoms with Gasteiger partial charge < -0.3 is 9.15 Å². The molecule has 0 atom stereocenters. The number of hydrogen-bond donors (Lipinski definition) is 1. The van der Waals surface area contributed by atoms with E-state index in [0.29, 0.717) is 11.3 Å². The van der Waals surface area contributed by atoms with Gasteiger partial charge in [0, 0.05) is 5.39 Å². The largest absolute Gasteiger partial charge is 0.493 e. The third kappa shape index (κ3) is 1.25. The van der Waals surface area contributed by atoms with Crippen molar-refractivity contribution < 1.29 is 9.15 Å². The second-order valence-corrected chi connectivity index (χ2v) is 3.78. The Bertz CT molecular complexity index is 770. The quantitative estimate of drug-likeness (QED) is 0.694. The van der Waals surface area contributed by atoms with Crippen LogP contribution in [0.15, 0.2) is 27.4 Å². The first-order chi connectivity index (χ1) is 8.22. The number of aryl methyl sites for hydroxylation is 1. The van der Waals surface area contributed by atoms with Crippen molar-refractivity contribution in [2.24, 2.45) is 0 Å². The molecule has 0 saturated carbocycles. The molecule has 0 aliphatic heterocycles. The Balaban J connectivity index is 2.63. The molecule has 0 spiro atoms. The maximum absolute atomic E-state index is 11.6. The van der Waals surface area contributed by atoms with E-state index in [1.807, 2.05) is 19.1 Å². The van der Waals surface area contributed by atoms with Crippen molar-refractivity contribution in [3.05, 3.63) is 34.2 Å². The van der Waals surface area contributed by atoms with Gasteiger partial charge >= 0.3 is 5.56 Å². The van der Waals surface area contributed by atoms with Gasteiger partial charge in [0.1, 0.15) is 0 Å². The number of fused-ring (bicyclic) bond motifs is 3. The van der Waals surface area contributed by atoms with Gasteiger partial charge in [-0.3, -0.25) is 4.79 Å². The molecule has 2 heterocycles. The summed E-state index contributed by atoms with van der Waals surface area (Å²) < 4.78 is 10.8. The molecule has 5 nitrogen and oxygen atoms in total. The Hall–Kier alpha value is -2.30. The molecule has 0 radical (unpaired) electrons. The summed E-state index contributed by atoms with van der Waals surface area (Å²) in [5.41, 5.74) is 1.26. The van der Waals surface area contributed by atoms with Crippen LogP contribution in [0.5, 0.6) is 5.75 Å². The highest BCUT2D eigenvalue weighted by Crippen LogP contribution is 2.33. The first kappa shape index (κ1) is 9.89. The number of benzene rings is 1. The Labute approximate surface area is 96.0 Å². The Kier molecular flexibility index (Phi) is 1.95. The molecule has 3 aromatic rings. The lowest BCUT2D eigenvalue weighted by Crippen LogP contribution is -2.07. The van der Waals surface area contributed by atoms with Gasteiger partial charge in [0.2, 0.25) is 5.58 Å². The molecule has 0 fully saturated rings. The van der Waals surface area contributed by atoms with Gasteiger partial charge in [-0.1, -0.05) is 12.1 Å². The number of hydrogen-bond acceptors (Lipinski definition) is 4. The molecule has 0 unspecified atom stereocenters. The van der Waals surface area contributed by atoms with Gasteiger partial charge in [-0.25, -0.2) is 5.10 Å². The van der Waals surface area contributed by atoms with Gasteiger partial charge in [-0.05, 0) is 13.0 Å². The van der Waals surface area contributed by atoms with Crippen LogP contribution < -0.4 is 10.3 Å². The van der Waals surface area contributed by atoms with E-state index in [0.717, 1.165) is 16.5 Å². The molecule has 5 heteroatoms. The number of rotatable bonds is 1. The van der Waals surface area contributed by atoms with E-state index in [9.17, 15) is 4.79 Å². The maximum Gasteiger partial charge on any atom is 0.307 e. The SMILES string of the molecule is COc1cccc2c1oc1c(=O)[nH]nc(C)c12. The van der Waals surface area contributed by atoms with E-state index in [1.54, 1.807) is 13.2 Å². The molecular formula is C12H10N2O3. The average molecular weight is 230 g/mol. The average Bonchev–Trinajstić information content (AvgIpc) is 2.74. The van der Waals surface area contributed by atoms with Crippen molar-refractivity contribution >= 4 is 21.9 Å². The number of nitrogens with one attached hydrogen (secondary N) is 1. The zero-order valence-electron chi connectivity index (χ0n) is 9.40. The smallest absolute Gasteiger partial charge is 0.307 e. The van der Waals surface area contributed by atoms with Crippen LogP contribution in [-0.4, -0.2) is 17.3 Å². The van der Waals surface area contributed by atoms with Crippen LogP contribution in [0.1, 0.15) is 5.69 Å². The minimum Gasteiger partial charge on any atom is -0.493 e. The van der Waals surface area contributed by atoms with Crippen molar-refractivity contribution in [2.45, 2.75) is 6.92 Å². The molecule has 1 N–H and O–H groups in total. The number of methoxy groups -OCH3 is 1. The van der Waals surface area contributed by atoms with E-state index >= 15 is 0 Å². The number of furan rings is 1. The zero-order valence-corrected chi connectivity index (χ0v) is 9.40. The van der Waals surface area contributed by atoms with Crippen LogP contribution in [-0.2, 0) is 0 Å². The summed E-state index contributed by atoms with van der Waals surface area (Å²) in [5, 5.41) is 7.93. The second kappa shape index (κ2) is 3.35. The lowest BCUT2D eigenvalue weighted by molar-refractivity contribution is 0.412. The minimum absolute atomic E-state index is 0.289. The highest BCUT2D eigenvalue weighted by Gasteiger charge is 2.15. The van der Waals surface area contributed by atoms with Crippen LogP contribution in [0.3, 0.4) is 0 Å². The topological polar surface area (TPSA) is 68.1 Å². The molecule has 2 aromatic heterocycles. The fraction of sp³-hybridized carbons (Fsp3) is 0.167. The Morgan fingerprint density at radius 1 is 1.35 bits per heavy atom. The Morgan fingerprint density at radius 3 is 2.94 bits per heavy atom. The van der Waals surface area contributed by atoms with Crippen LogP contribution in [0.25, 0.3) is 21.9 Å². The monoisotopic (exact) mass is 230 g/mol. The fourth-order valence-electron chi connectivity index (χ4n) is 2.01. The van der Waals surface area contributed by atoms with E-state index in [1.165, 1.54) is 0 Å². The second-order valence-electron chi connectivity index (χ2n) is 3.78. The summed E-state index contributed by atoms with van der Waals surface area (Å²) in [6, 6.07) is 5.54. The van der Waals surface area contributed by atoms with Crippen LogP contribution in [0.2, 0.25) is 0 Å². The molecule has 86 valence electrons. The molecule has 0 amide bonds. The zero-order chi connectivity index (χ0) is 12.0. The molecule has 0 aliphatic carbocycles. The number of ether oxygens (including phenoxy) is 1. The summed E-state index contributed by atoms with van der Waals surface area (Å²) in [6.45, 7) is 1.83. The molecule has 0 aliphatic rings. The molecule has 0 bridgehead atoms. The van der Waals surface area contributed by atoms with E-state index in [-0.39, 0.29) is 11.1 Å². The van der Waals surface area contributed by atoms with Gasteiger partial charge in [0.15, 0.2) is 11.3 Å². The summed E-state index contributed by atoms with van der Waals surface area (Å²) in [5.74, 6) is 0.609. The first-order valence-electron chi connectivity index (χ1n) is 5.17. The van der Waals surface area contributed by atoms with Gasteiger partial charge in [-0.2, -0.15) is 5.10 Å². The minimum atomic E-state index is -0.330. The van der Waals surface area contributed by atoms with Crippen LogP contribution >= 0.6 is 0 Å². The van der Waals surface area contributed by atoms with E-state index in [4.69, 9.17) is 9.15 Å². The van der Waals surface area contributed by atoms with Gasteiger partial charge in [0.05, 0.1) is 18.2 Å². The summed E-state index contributed by atoms with van der Waals surface area (Å²) in [4.78, 5) is 11.6. The van der Waals surface area contributed by atoms with Crippen molar-refractivity contribution in [3.63, 3.8) is 0 Å². The number of aromatic nitrogens is 2. The Morgan fingerprint density at radius 2 is 2.18 bits per heavy atom. The molecule has 1 aromatic carbocycles. The normalized spacial score (nSPS) is 11.2. The van der Waals surface area contributed by atoms with E-state index in [2.05, 4.69) is 10.2 Å². The first-order valence-corrected chi connectivity index (χ1v) is 5.17. The number of para-hydroxylation sites is 1. The number of aromatic amines is 1. The summed E-state index contributed by atoms with van der Waals surface area (Å²) >= 11 is 0. The van der Waals surface area contributed by atoms with Crippen LogP contribution in [0, 0.1) is 6.92 Å². The number of nitrogens with zero attached hydrogens (tertiary/aromatic N) is 1. The summed E-state index contributed by atoms with van der Waals surface area (Å²) in [7, 11) is 1.57. The van der Waals surface area contributed by atoms with Crippen molar-refractivity contribution in [3.8, 4) is 5.75 Å². The third-order valence-electron chi connectivity index (χ3n) is 2.79. The van der Waals surface area contributed by atoms with Gasteiger partial charge in [-0.15, -0.1) is 0 Å². The molecule has 0 saturated heterocycles. The van der Waals surface area contributed by atoms with Gasteiger partial charge in [0.25, 0.3) is 0 Å². The van der Waals surface area contributed by atoms with Crippen molar-refractivity contribution in [2.75, 3.05) is 7.11 Å². The van der Waals surface area contributed by atoms with Crippen LogP contribution in [0.4, 0.5) is 0 Å². The molecule has 3 rings (SSSR count). The lowest BCUT2D eigenvalue weighted by Gasteiger charge is -1.98. The van der Waals surface area contributed by atoms with E-state index < -0.39 is 0 Å². The summed E-state index contributed by atoms with van der Waals surface area (Å²) in [6.07, 6.45) is 0. The predicted octanol–water partition coefficient (Wildman–Crippen LogP) is 1.99. The molecule has 17 heavy (non-hydrogen) atoms. The predicted molar refractivity (Wildman–Crippen MR) is 63.4 cm³/mol. The van der Waals surface area contributed by atoms with Crippen molar-refractivity contribution in [1.29, 1.82) is 0 Å². The standard InChI is InChI=1S/C12H10N2O3/c1-6-9-7-4-3-5-8(16-2)10(7)17-11(9)12(15)14-13-6/h3-5H,1-2H3,(H,14,15). The molecular weight excluding hydrogens is 220 g/mol. The highest BCUT2D eigenvalue weighted by atomic mass is 16.5. The third-order valence-corrected chi connectivity index (χ3v) is 2.79. The maximum atomic E-state index is 11.6. The fourth-order valence-corrected chi connectivity index (χ4v) is 2.01. The highest BCUT2D eigenvalue weighted by molar-refractivity contribution is 6.07. The van der Waals surface area contributed by atoms with Crippen molar-refractivity contribution in [1.82, 2.24) is 10.2 Å².